The number of hydrogen-bond acceptors (Lipinski definition) is 5. The zero-order chi connectivity index (χ0) is 15.6. The molecule has 0 atom stereocenters. The normalized spacial score (nSPS) is 14.4. The molecule has 7 nitrogen and oxygen atoms in total. The highest BCUT2D eigenvalue weighted by Crippen LogP contribution is 2.24. The van der Waals surface area contributed by atoms with E-state index in [1.165, 1.54) is 6.07 Å². The van der Waals surface area contributed by atoms with Gasteiger partial charge in [-0.15, -0.1) is 0 Å². The van der Waals surface area contributed by atoms with Crippen LogP contribution in [0.2, 0.25) is 0 Å². The second-order valence-corrected chi connectivity index (χ2v) is 4.50. The molecule has 0 unspecified atom stereocenters. The maximum Gasteiger partial charge on any atom is 0.337 e. The number of aryl methyl sites for hydroxylation is 1. The van der Waals surface area contributed by atoms with Crippen molar-refractivity contribution in [2.75, 3.05) is 18.5 Å². The number of amides is 2. The number of aromatic carboxylic acids is 1. The molecular formula is C14H14N2O5. The zero-order valence-electron chi connectivity index (χ0n) is 11.3. The van der Waals surface area contributed by atoms with Crippen LogP contribution >= 0.6 is 0 Å². The number of anilines is 1. The van der Waals surface area contributed by atoms with Gasteiger partial charge in [0.1, 0.15) is 5.70 Å². The van der Waals surface area contributed by atoms with Crippen LogP contribution in [0.3, 0.4) is 0 Å². The summed E-state index contributed by atoms with van der Waals surface area (Å²) in [6, 6.07) is 4.70. The van der Waals surface area contributed by atoms with Crippen molar-refractivity contribution in [3.05, 3.63) is 41.1 Å². The van der Waals surface area contributed by atoms with Crippen LogP contribution in [0.5, 0.6) is 0 Å². The number of imide groups is 1. The summed E-state index contributed by atoms with van der Waals surface area (Å²) in [6.45, 7) is 1.27. The molecule has 21 heavy (non-hydrogen) atoms. The monoisotopic (exact) mass is 290 g/mol. The predicted molar refractivity (Wildman–Crippen MR) is 73.6 cm³/mol. The summed E-state index contributed by atoms with van der Waals surface area (Å²) in [5, 5.41) is 20.7. The van der Waals surface area contributed by atoms with Gasteiger partial charge in [0.05, 0.1) is 24.4 Å². The number of rotatable bonds is 5. The Hall–Kier alpha value is -2.67. The molecule has 2 amide bonds. The van der Waals surface area contributed by atoms with Crippen LogP contribution in [0.25, 0.3) is 0 Å². The van der Waals surface area contributed by atoms with E-state index in [0.717, 1.165) is 11.0 Å². The smallest absolute Gasteiger partial charge is 0.337 e. The SMILES string of the molecule is Cc1cccc(C(=O)O)c1NC1=CC(=O)N(CCO)C1=O. The fourth-order valence-electron chi connectivity index (χ4n) is 2.06. The summed E-state index contributed by atoms with van der Waals surface area (Å²) < 4.78 is 0. The molecule has 2 rings (SSSR count). The first kappa shape index (κ1) is 14.7. The van der Waals surface area contributed by atoms with Gasteiger partial charge in [0.25, 0.3) is 11.8 Å². The summed E-state index contributed by atoms with van der Waals surface area (Å²) in [5.41, 5.74) is 0.905. The van der Waals surface area contributed by atoms with Gasteiger partial charge in [-0.1, -0.05) is 12.1 Å². The first-order valence-electron chi connectivity index (χ1n) is 6.24. The van der Waals surface area contributed by atoms with Crippen LogP contribution in [0.1, 0.15) is 15.9 Å². The Morgan fingerprint density at radius 2 is 2.05 bits per heavy atom. The summed E-state index contributed by atoms with van der Waals surface area (Å²) in [4.78, 5) is 35.8. The van der Waals surface area contributed by atoms with Crippen LogP contribution in [-0.2, 0) is 9.59 Å². The molecule has 0 spiro atoms. The fourth-order valence-corrected chi connectivity index (χ4v) is 2.06. The van der Waals surface area contributed by atoms with E-state index >= 15 is 0 Å². The lowest BCUT2D eigenvalue weighted by Crippen LogP contribution is -2.34. The Morgan fingerprint density at radius 1 is 1.33 bits per heavy atom. The number of aliphatic hydroxyl groups is 1. The molecule has 3 N–H and O–H groups in total. The molecular weight excluding hydrogens is 276 g/mol. The van der Waals surface area contributed by atoms with Gasteiger partial charge in [0.2, 0.25) is 0 Å². The van der Waals surface area contributed by atoms with Crippen molar-refractivity contribution < 1.29 is 24.6 Å². The topological polar surface area (TPSA) is 107 Å². The number of nitrogens with one attached hydrogen (secondary N) is 1. The lowest BCUT2D eigenvalue weighted by molar-refractivity contribution is -0.137. The van der Waals surface area contributed by atoms with Crippen molar-refractivity contribution in [2.45, 2.75) is 6.92 Å². The van der Waals surface area contributed by atoms with E-state index in [2.05, 4.69) is 5.32 Å². The zero-order valence-corrected chi connectivity index (χ0v) is 11.3. The molecule has 1 aromatic carbocycles. The van der Waals surface area contributed by atoms with Crippen molar-refractivity contribution in [3.63, 3.8) is 0 Å². The molecule has 0 bridgehead atoms. The van der Waals surface area contributed by atoms with Crippen molar-refractivity contribution in [2.24, 2.45) is 0 Å². The van der Waals surface area contributed by atoms with Gasteiger partial charge in [-0.2, -0.15) is 0 Å². The number of hydrogen-bond donors (Lipinski definition) is 3. The van der Waals surface area contributed by atoms with E-state index in [0.29, 0.717) is 5.56 Å². The number of nitrogens with zero attached hydrogens (tertiary/aromatic N) is 1. The summed E-state index contributed by atoms with van der Waals surface area (Å²) in [5.74, 6) is -2.26. The minimum atomic E-state index is -1.13. The first-order chi connectivity index (χ1) is 9.95. The Morgan fingerprint density at radius 3 is 2.67 bits per heavy atom. The van der Waals surface area contributed by atoms with Crippen molar-refractivity contribution in [1.29, 1.82) is 0 Å². The quantitative estimate of drug-likeness (QED) is 0.675. The van der Waals surface area contributed by atoms with Gasteiger partial charge < -0.3 is 15.5 Å². The van der Waals surface area contributed by atoms with E-state index in [1.807, 2.05) is 0 Å². The van der Waals surface area contributed by atoms with Crippen LogP contribution < -0.4 is 5.32 Å². The van der Waals surface area contributed by atoms with Gasteiger partial charge >= 0.3 is 5.97 Å². The number of carbonyl (C=O) groups excluding carboxylic acids is 2. The molecule has 1 aliphatic rings. The van der Waals surface area contributed by atoms with Gasteiger partial charge in [-0.05, 0) is 18.6 Å². The number of carboxylic acids is 1. The standard InChI is InChI=1S/C14H14N2O5/c1-8-3-2-4-9(14(20)21)12(8)15-10-7-11(18)16(5-6-17)13(10)19/h2-4,7,15,17H,5-6H2,1H3,(H,20,21). The molecule has 110 valence electrons. The van der Waals surface area contributed by atoms with E-state index in [4.69, 9.17) is 10.2 Å². The van der Waals surface area contributed by atoms with Gasteiger partial charge in [0.15, 0.2) is 0 Å². The summed E-state index contributed by atoms with van der Waals surface area (Å²) in [6.07, 6.45) is 1.09. The van der Waals surface area contributed by atoms with Crippen molar-refractivity contribution >= 4 is 23.5 Å². The third-order valence-corrected chi connectivity index (χ3v) is 3.10. The number of carboxylic acid groups (broad SMARTS) is 1. The highest BCUT2D eigenvalue weighted by Gasteiger charge is 2.31. The van der Waals surface area contributed by atoms with E-state index in [1.54, 1.807) is 19.1 Å². The molecule has 0 fully saturated rings. The maximum atomic E-state index is 12.0. The number of aliphatic hydroxyl groups excluding tert-OH is 1. The fraction of sp³-hybridized carbons (Fsp3) is 0.214. The second-order valence-electron chi connectivity index (χ2n) is 4.50. The van der Waals surface area contributed by atoms with Crippen molar-refractivity contribution in [1.82, 2.24) is 4.90 Å². The minimum absolute atomic E-state index is 0.00903. The summed E-state index contributed by atoms with van der Waals surface area (Å²) in [7, 11) is 0. The van der Waals surface area contributed by atoms with Crippen molar-refractivity contribution in [3.8, 4) is 0 Å². The van der Waals surface area contributed by atoms with E-state index in [-0.39, 0.29) is 30.1 Å². The molecule has 0 aliphatic carbocycles. The average molecular weight is 290 g/mol. The highest BCUT2D eigenvalue weighted by atomic mass is 16.4. The van der Waals surface area contributed by atoms with E-state index in [9.17, 15) is 14.4 Å². The van der Waals surface area contributed by atoms with Crippen LogP contribution in [0, 0.1) is 6.92 Å². The predicted octanol–water partition coefficient (Wildman–Crippen LogP) is 0.350. The molecule has 7 heteroatoms. The third kappa shape index (κ3) is 2.77. The van der Waals surface area contributed by atoms with Crippen LogP contribution in [-0.4, -0.2) is 46.0 Å². The van der Waals surface area contributed by atoms with Gasteiger partial charge in [-0.3, -0.25) is 14.5 Å². The lowest BCUT2D eigenvalue weighted by atomic mass is 10.1. The summed E-state index contributed by atoms with van der Waals surface area (Å²) >= 11 is 0. The molecule has 0 aromatic heterocycles. The Bertz CT molecular complexity index is 651. The Kier molecular flexibility index (Phi) is 4.04. The number of carbonyl (C=O) groups is 3. The number of para-hydroxylation sites is 1. The largest absolute Gasteiger partial charge is 0.478 e. The van der Waals surface area contributed by atoms with Gasteiger partial charge in [-0.25, -0.2) is 4.79 Å². The average Bonchev–Trinajstić information content (AvgIpc) is 2.69. The second kappa shape index (κ2) is 5.76. The van der Waals surface area contributed by atoms with E-state index < -0.39 is 17.8 Å². The molecule has 0 radical (unpaired) electrons. The number of β-amino-alcohol motifs (C(OH)–C–C–N with tert-alkyl or cyclic N) is 1. The highest BCUT2D eigenvalue weighted by molar-refractivity contribution is 6.17. The molecule has 1 aromatic rings. The Labute approximate surface area is 120 Å². The molecule has 1 aliphatic heterocycles. The lowest BCUT2D eigenvalue weighted by Gasteiger charge is -2.15. The van der Waals surface area contributed by atoms with Crippen LogP contribution in [0.4, 0.5) is 5.69 Å². The maximum absolute atomic E-state index is 12.0. The molecule has 1 heterocycles. The molecule has 0 saturated heterocycles. The van der Waals surface area contributed by atoms with Crippen LogP contribution in [0.15, 0.2) is 30.0 Å². The third-order valence-electron chi connectivity index (χ3n) is 3.10. The van der Waals surface area contributed by atoms with Gasteiger partial charge in [0, 0.05) is 6.08 Å². The first-order valence-corrected chi connectivity index (χ1v) is 6.24. The molecule has 0 saturated carbocycles. The number of benzene rings is 1. The minimum Gasteiger partial charge on any atom is -0.478 e. The Balaban J connectivity index is 2.32.